The first-order chi connectivity index (χ1) is 13.5. The Hall–Kier alpha value is -2.74. The summed E-state index contributed by atoms with van der Waals surface area (Å²) in [5.74, 6) is 1.05. The van der Waals surface area contributed by atoms with Crippen molar-refractivity contribution in [1.82, 2.24) is 0 Å². The second-order valence-electron chi connectivity index (χ2n) is 7.69. The summed E-state index contributed by atoms with van der Waals surface area (Å²) in [4.78, 5) is 14.2. The molecule has 29 heavy (non-hydrogen) atoms. The topological polar surface area (TPSA) is 84.9 Å². The molecule has 2 aromatic carbocycles. The summed E-state index contributed by atoms with van der Waals surface area (Å²) in [5.41, 5.74) is 1.02. The van der Waals surface area contributed by atoms with Crippen LogP contribution in [-0.2, 0) is 14.8 Å². The van der Waals surface area contributed by atoms with Crippen LogP contribution >= 0.6 is 0 Å². The molecule has 0 saturated heterocycles. The monoisotopic (exact) mass is 418 g/mol. The number of fused-ring (bicyclic) bond motifs is 1. The van der Waals surface area contributed by atoms with E-state index in [4.69, 9.17) is 9.47 Å². The van der Waals surface area contributed by atoms with Gasteiger partial charge < -0.3 is 14.4 Å². The van der Waals surface area contributed by atoms with Crippen molar-refractivity contribution in [2.24, 2.45) is 5.41 Å². The molecule has 0 atom stereocenters. The fraction of sp³-hybridized carbons (Fsp3) is 0.381. The molecule has 1 aliphatic heterocycles. The van der Waals surface area contributed by atoms with Crippen LogP contribution in [0.15, 0.2) is 41.3 Å². The SMILES string of the molecule is CCOc1ccc(S(=O)(=O)Nc2ccc3c(c2)OCC(C)(C)C(=O)N3C)cc1C. The van der Waals surface area contributed by atoms with E-state index in [1.807, 2.05) is 20.8 Å². The van der Waals surface area contributed by atoms with Gasteiger partial charge in [0.15, 0.2) is 0 Å². The standard InChI is InChI=1S/C21H26N2O5S/c1-6-27-18-10-8-16(11-14(18)2)29(25,26)22-15-7-9-17-19(12-15)28-13-21(3,4)20(24)23(17)5/h7-12,22H,6,13H2,1-5H3. The normalized spacial score (nSPS) is 15.9. The van der Waals surface area contributed by atoms with Crippen LogP contribution in [0.1, 0.15) is 26.3 Å². The molecule has 0 spiro atoms. The van der Waals surface area contributed by atoms with Crippen molar-refractivity contribution in [1.29, 1.82) is 0 Å². The van der Waals surface area contributed by atoms with Crippen LogP contribution in [0.5, 0.6) is 11.5 Å². The lowest BCUT2D eigenvalue weighted by Gasteiger charge is -2.24. The predicted molar refractivity (Wildman–Crippen MR) is 112 cm³/mol. The zero-order valence-electron chi connectivity index (χ0n) is 17.3. The third-order valence-corrected chi connectivity index (χ3v) is 6.18. The van der Waals surface area contributed by atoms with Crippen LogP contribution in [0.2, 0.25) is 0 Å². The molecule has 0 radical (unpaired) electrons. The fourth-order valence-corrected chi connectivity index (χ4v) is 4.31. The largest absolute Gasteiger partial charge is 0.494 e. The molecule has 0 fully saturated rings. The van der Waals surface area contributed by atoms with E-state index in [1.165, 1.54) is 11.0 Å². The number of aryl methyl sites for hydroxylation is 1. The summed E-state index contributed by atoms with van der Waals surface area (Å²) in [6, 6.07) is 9.62. The Bertz CT molecular complexity index is 1050. The number of ether oxygens (including phenoxy) is 2. The predicted octanol–water partition coefficient (Wildman–Crippen LogP) is 3.58. The van der Waals surface area contributed by atoms with E-state index in [9.17, 15) is 13.2 Å². The van der Waals surface area contributed by atoms with E-state index >= 15 is 0 Å². The number of nitrogens with one attached hydrogen (secondary N) is 1. The average molecular weight is 419 g/mol. The molecule has 1 aliphatic rings. The Labute approximate surface area is 171 Å². The molecule has 0 aliphatic carbocycles. The number of carbonyl (C=O) groups is 1. The van der Waals surface area contributed by atoms with Gasteiger partial charge in [0.1, 0.15) is 18.1 Å². The number of anilines is 2. The van der Waals surface area contributed by atoms with E-state index in [2.05, 4.69) is 4.72 Å². The number of sulfonamides is 1. The second-order valence-corrected chi connectivity index (χ2v) is 9.37. The van der Waals surface area contributed by atoms with Gasteiger partial charge in [0.25, 0.3) is 10.0 Å². The van der Waals surface area contributed by atoms with Gasteiger partial charge in [-0.25, -0.2) is 8.42 Å². The van der Waals surface area contributed by atoms with Crippen molar-refractivity contribution >= 4 is 27.3 Å². The lowest BCUT2D eigenvalue weighted by atomic mass is 9.93. The number of rotatable bonds is 5. The van der Waals surface area contributed by atoms with Crippen LogP contribution in [0.4, 0.5) is 11.4 Å². The van der Waals surface area contributed by atoms with Crippen molar-refractivity contribution in [3.05, 3.63) is 42.0 Å². The first-order valence-corrected chi connectivity index (χ1v) is 10.8. The number of carbonyl (C=O) groups excluding carboxylic acids is 1. The van der Waals surface area contributed by atoms with Crippen LogP contribution in [0.25, 0.3) is 0 Å². The van der Waals surface area contributed by atoms with Gasteiger partial charge in [-0.15, -0.1) is 0 Å². The van der Waals surface area contributed by atoms with Crippen LogP contribution in [0, 0.1) is 12.3 Å². The highest BCUT2D eigenvalue weighted by molar-refractivity contribution is 7.92. The minimum Gasteiger partial charge on any atom is -0.494 e. The van der Waals surface area contributed by atoms with E-state index in [-0.39, 0.29) is 17.4 Å². The Kier molecular flexibility index (Phi) is 5.49. The van der Waals surface area contributed by atoms with E-state index in [1.54, 1.807) is 44.3 Å². The van der Waals surface area contributed by atoms with Crippen molar-refractivity contribution in [2.45, 2.75) is 32.6 Å². The molecular weight excluding hydrogens is 392 g/mol. The van der Waals surface area contributed by atoms with Gasteiger partial charge in [0.2, 0.25) is 5.91 Å². The van der Waals surface area contributed by atoms with Gasteiger partial charge in [-0.05, 0) is 63.6 Å². The molecule has 8 heteroatoms. The van der Waals surface area contributed by atoms with Crippen molar-refractivity contribution in [3.8, 4) is 11.5 Å². The van der Waals surface area contributed by atoms with E-state index in [0.29, 0.717) is 29.5 Å². The number of benzene rings is 2. The smallest absolute Gasteiger partial charge is 0.261 e. The molecule has 0 aromatic heterocycles. The van der Waals surface area contributed by atoms with Gasteiger partial charge in [-0.3, -0.25) is 9.52 Å². The molecule has 0 saturated carbocycles. The summed E-state index contributed by atoms with van der Waals surface area (Å²) < 4.78 is 39.5. The Balaban J connectivity index is 1.89. The molecule has 156 valence electrons. The summed E-state index contributed by atoms with van der Waals surface area (Å²) in [6.45, 7) is 8.02. The van der Waals surface area contributed by atoms with Gasteiger partial charge in [0.05, 0.1) is 28.3 Å². The van der Waals surface area contributed by atoms with Gasteiger partial charge in [-0.1, -0.05) is 0 Å². The molecule has 1 amide bonds. The zero-order chi connectivity index (χ0) is 21.4. The minimum absolute atomic E-state index is 0.0607. The lowest BCUT2D eigenvalue weighted by Crippen LogP contribution is -2.39. The van der Waals surface area contributed by atoms with Gasteiger partial charge in [0, 0.05) is 13.1 Å². The first-order valence-electron chi connectivity index (χ1n) is 9.36. The van der Waals surface area contributed by atoms with E-state index < -0.39 is 15.4 Å². The Morgan fingerprint density at radius 1 is 1.21 bits per heavy atom. The summed E-state index contributed by atoms with van der Waals surface area (Å²) in [7, 11) is -2.11. The highest BCUT2D eigenvalue weighted by atomic mass is 32.2. The quantitative estimate of drug-likeness (QED) is 0.802. The zero-order valence-corrected chi connectivity index (χ0v) is 18.1. The second kappa shape index (κ2) is 7.59. The molecule has 1 heterocycles. The summed E-state index contributed by atoms with van der Waals surface area (Å²) in [5, 5.41) is 0. The van der Waals surface area contributed by atoms with Gasteiger partial charge in [-0.2, -0.15) is 0 Å². The molecular formula is C21H26N2O5S. The molecule has 3 rings (SSSR count). The third-order valence-electron chi connectivity index (χ3n) is 4.80. The van der Waals surface area contributed by atoms with Crippen molar-refractivity contribution < 1.29 is 22.7 Å². The highest BCUT2D eigenvalue weighted by Gasteiger charge is 2.36. The molecule has 0 unspecified atom stereocenters. The van der Waals surface area contributed by atoms with Gasteiger partial charge >= 0.3 is 0 Å². The van der Waals surface area contributed by atoms with Crippen molar-refractivity contribution in [2.75, 3.05) is 29.9 Å². The number of hydrogen-bond acceptors (Lipinski definition) is 5. The molecule has 1 N–H and O–H groups in total. The molecule has 2 aromatic rings. The minimum atomic E-state index is -3.79. The third kappa shape index (κ3) is 4.17. The number of hydrogen-bond donors (Lipinski definition) is 1. The highest BCUT2D eigenvalue weighted by Crippen LogP contribution is 2.37. The fourth-order valence-electron chi connectivity index (χ4n) is 3.17. The summed E-state index contributed by atoms with van der Waals surface area (Å²) in [6.07, 6.45) is 0. The lowest BCUT2D eigenvalue weighted by molar-refractivity contribution is -0.127. The average Bonchev–Trinajstić information content (AvgIpc) is 2.74. The maximum Gasteiger partial charge on any atom is 0.261 e. The summed E-state index contributed by atoms with van der Waals surface area (Å²) >= 11 is 0. The number of nitrogens with zero attached hydrogens (tertiary/aromatic N) is 1. The Morgan fingerprint density at radius 2 is 1.93 bits per heavy atom. The molecule has 7 nitrogen and oxygen atoms in total. The van der Waals surface area contributed by atoms with E-state index in [0.717, 1.165) is 5.56 Å². The maximum absolute atomic E-state index is 12.8. The Morgan fingerprint density at radius 3 is 2.59 bits per heavy atom. The van der Waals surface area contributed by atoms with Crippen LogP contribution in [0.3, 0.4) is 0 Å². The first kappa shape index (κ1) is 21.0. The van der Waals surface area contributed by atoms with Crippen LogP contribution < -0.4 is 19.1 Å². The maximum atomic E-state index is 12.8. The van der Waals surface area contributed by atoms with Crippen LogP contribution in [-0.4, -0.2) is 34.6 Å². The van der Waals surface area contributed by atoms with Crippen molar-refractivity contribution in [3.63, 3.8) is 0 Å². The number of amides is 1. The molecule has 0 bridgehead atoms.